The van der Waals surface area contributed by atoms with Gasteiger partial charge in [-0.15, -0.1) is 11.3 Å². The zero-order valence-electron chi connectivity index (χ0n) is 11.0. The quantitative estimate of drug-likeness (QED) is 0.791. The predicted octanol–water partition coefficient (Wildman–Crippen LogP) is 3.50. The van der Waals surface area contributed by atoms with Gasteiger partial charge in [-0.1, -0.05) is 11.6 Å². The molecule has 112 valence electrons. The van der Waals surface area contributed by atoms with Gasteiger partial charge in [0, 0.05) is 5.02 Å². The number of thiophene rings is 1. The Hall–Kier alpha value is -2.25. The highest BCUT2D eigenvalue weighted by Crippen LogP contribution is 2.25. The number of hydrogen-bond donors (Lipinski definition) is 1. The van der Waals surface area contributed by atoms with E-state index in [2.05, 4.69) is 15.3 Å². The van der Waals surface area contributed by atoms with E-state index in [1.807, 2.05) is 11.4 Å². The average molecular weight is 338 g/mol. The lowest BCUT2D eigenvalue weighted by Crippen LogP contribution is -2.21. The Labute approximate surface area is 133 Å². The first kappa shape index (κ1) is 14.7. The summed E-state index contributed by atoms with van der Waals surface area (Å²) in [5, 5.41) is 5.31. The number of anilines is 1. The van der Waals surface area contributed by atoms with E-state index in [-0.39, 0.29) is 12.3 Å². The molecule has 1 aromatic carbocycles. The summed E-state index contributed by atoms with van der Waals surface area (Å²) in [7, 11) is 0. The summed E-state index contributed by atoms with van der Waals surface area (Å²) in [4.78, 5) is 20.7. The number of nitrogens with one attached hydrogen (secondary N) is 1. The third-order valence-corrected chi connectivity index (χ3v) is 3.82. The van der Waals surface area contributed by atoms with E-state index in [0.29, 0.717) is 10.9 Å². The first-order valence-corrected chi connectivity index (χ1v) is 7.45. The predicted molar refractivity (Wildman–Crippen MR) is 82.9 cm³/mol. The molecule has 0 unspecified atom stereocenters. The minimum Gasteiger partial charge on any atom is -0.467 e. The van der Waals surface area contributed by atoms with Gasteiger partial charge in [-0.05, 0) is 29.6 Å². The van der Waals surface area contributed by atoms with E-state index < -0.39 is 11.7 Å². The number of halogens is 2. The highest BCUT2D eigenvalue weighted by molar-refractivity contribution is 7.16. The van der Waals surface area contributed by atoms with Crippen LogP contribution in [-0.4, -0.2) is 22.5 Å². The topological polar surface area (TPSA) is 64.1 Å². The Morgan fingerprint density at radius 3 is 3.09 bits per heavy atom. The van der Waals surface area contributed by atoms with Crippen LogP contribution in [0.3, 0.4) is 0 Å². The van der Waals surface area contributed by atoms with Crippen molar-refractivity contribution in [3.05, 3.63) is 46.8 Å². The molecule has 3 aromatic rings. The minimum absolute atomic E-state index is 0.00414. The molecular weight excluding hydrogens is 329 g/mol. The zero-order valence-corrected chi connectivity index (χ0v) is 12.6. The number of carbonyl (C=O) groups excluding carboxylic acids is 1. The number of hydrogen-bond acceptors (Lipinski definition) is 5. The SMILES string of the molecule is O=C(COc1ncnc2sccc12)Nc1cc(Cl)ccc1F. The Morgan fingerprint density at radius 2 is 2.23 bits per heavy atom. The van der Waals surface area contributed by atoms with Gasteiger partial charge in [-0.2, -0.15) is 0 Å². The Balaban J connectivity index is 1.67. The summed E-state index contributed by atoms with van der Waals surface area (Å²) in [5.41, 5.74) is 0.00414. The molecule has 3 rings (SSSR count). The number of amides is 1. The first-order valence-electron chi connectivity index (χ1n) is 6.19. The molecule has 2 aromatic heterocycles. The van der Waals surface area contributed by atoms with Crippen LogP contribution in [0.2, 0.25) is 5.02 Å². The molecule has 1 N–H and O–H groups in total. The minimum atomic E-state index is -0.569. The average Bonchev–Trinajstić information content (AvgIpc) is 2.98. The molecule has 0 aliphatic heterocycles. The molecule has 0 saturated heterocycles. The van der Waals surface area contributed by atoms with E-state index in [9.17, 15) is 9.18 Å². The van der Waals surface area contributed by atoms with Crippen molar-refractivity contribution in [3.8, 4) is 5.88 Å². The molecule has 22 heavy (non-hydrogen) atoms. The molecule has 0 saturated carbocycles. The van der Waals surface area contributed by atoms with E-state index in [4.69, 9.17) is 16.3 Å². The Kier molecular flexibility index (Phi) is 4.17. The van der Waals surface area contributed by atoms with Crippen LogP contribution in [0, 0.1) is 5.82 Å². The second-order valence-electron chi connectivity index (χ2n) is 4.28. The van der Waals surface area contributed by atoms with Gasteiger partial charge in [-0.3, -0.25) is 4.79 Å². The van der Waals surface area contributed by atoms with Crippen LogP contribution in [0.15, 0.2) is 36.0 Å². The molecule has 0 atom stereocenters. The van der Waals surface area contributed by atoms with Gasteiger partial charge < -0.3 is 10.1 Å². The van der Waals surface area contributed by atoms with Crippen LogP contribution in [0.5, 0.6) is 5.88 Å². The molecular formula is C14H9ClFN3O2S. The number of fused-ring (bicyclic) bond motifs is 1. The zero-order chi connectivity index (χ0) is 15.5. The maximum Gasteiger partial charge on any atom is 0.262 e. The van der Waals surface area contributed by atoms with Gasteiger partial charge in [0.15, 0.2) is 6.61 Å². The molecule has 1 amide bonds. The fourth-order valence-electron chi connectivity index (χ4n) is 1.80. The van der Waals surface area contributed by atoms with Crippen molar-refractivity contribution in [2.45, 2.75) is 0 Å². The maximum atomic E-state index is 13.5. The second kappa shape index (κ2) is 6.25. The third-order valence-electron chi connectivity index (χ3n) is 2.77. The number of nitrogens with zero attached hydrogens (tertiary/aromatic N) is 2. The maximum absolute atomic E-state index is 13.5. The van der Waals surface area contributed by atoms with Crippen molar-refractivity contribution >= 4 is 44.7 Å². The molecule has 0 aliphatic rings. The number of benzene rings is 1. The van der Waals surface area contributed by atoms with Crippen molar-refractivity contribution in [2.24, 2.45) is 0 Å². The lowest BCUT2D eigenvalue weighted by molar-refractivity contribution is -0.118. The van der Waals surface area contributed by atoms with E-state index in [1.54, 1.807) is 0 Å². The number of aromatic nitrogens is 2. The van der Waals surface area contributed by atoms with Crippen LogP contribution in [0.4, 0.5) is 10.1 Å². The van der Waals surface area contributed by atoms with E-state index in [1.165, 1.54) is 35.9 Å². The first-order chi connectivity index (χ1) is 10.6. The lowest BCUT2D eigenvalue weighted by atomic mass is 10.3. The standard InChI is InChI=1S/C14H9ClFN3O2S/c15-8-1-2-10(16)11(5-8)19-12(20)6-21-13-9-3-4-22-14(9)18-7-17-13/h1-5,7H,6H2,(H,19,20). The second-order valence-corrected chi connectivity index (χ2v) is 5.61. The molecule has 0 spiro atoms. The Morgan fingerprint density at radius 1 is 1.36 bits per heavy atom. The molecule has 0 bridgehead atoms. The molecule has 5 nitrogen and oxygen atoms in total. The smallest absolute Gasteiger partial charge is 0.262 e. The summed E-state index contributed by atoms with van der Waals surface area (Å²) in [6.45, 7) is -0.298. The van der Waals surface area contributed by atoms with Crippen molar-refractivity contribution in [1.82, 2.24) is 9.97 Å². The molecule has 8 heteroatoms. The molecule has 0 fully saturated rings. The highest BCUT2D eigenvalue weighted by atomic mass is 35.5. The van der Waals surface area contributed by atoms with Crippen LogP contribution < -0.4 is 10.1 Å². The van der Waals surface area contributed by atoms with Gasteiger partial charge >= 0.3 is 0 Å². The molecule has 0 radical (unpaired) electrons. The summed E-state index contributed by atoms with van der Waals surface area (Å²) >= 11 is 7.21. The Bertz CT molecular complexity index is 840. The van der Waals surface area contributed by atoms with Gasteiger partial charge in [0.1, 0.15) is 17.0 Å². The van der Waals surface area contributed by atoms with Crippen molar-refractivity contribution in [2.75, 3.05) is 11.9 Å². The van der Waals surface area contributed by atoms with Crippen molar-refractivity contribution < 1.29 is 13.9 Å². The summed E-state index contributed by atoms with van der Waals surface area (Å²) in [5.74, 6) is -0.767. The van der Waals surface area contributed by atoms with Gasteiger partial charge in [0.2, 0.25) is 5.88 Å². The summed E-state index contributed by atoms with van der Waals surface area (Å²) in [6.07, 6.45) is 1.36. The third kappa shape index (κ3) is 3.15. The summed E-state index contributed by atoms with van der Waals surface area (Å²) < 4.78 is 18.9. The van der Waals surface area contributed by atoms with Crippen LogP contribution >= 0.6 is 22.9 Å². The monoisotopic (exact) mass is 337 g/mol. The summed E-state index contributed by atoms with van der Waals surface area (Å²) in [6, 6.07) is 5.72. The van der Waals surface area contributed by atoms with Crippen LogP contribution in [-0.2, 0) is 4.79 Å². The van der Waals surface area contributed by atoms with Gasteiger partial charge in [0.05, 0.1) is 11.1 Å². The fourth-order valence-corrected chi connectivity index (χ4v) is 2.69. The van der Waals surface area contributed by atoms with E-state index in [0.717, 1.165) is 10.2 Å². The van der Waals surface area contributed by atoms with Crippen LogP contribution in [0.25, 0.3) is 10.2 Å². The van der Waals surface area contributed by atoms with Crippen LogP contribution in [0.1, 0.15) is 0 Å². The van der Waals surface area contributed by atoms with Gasteiger partial charge in [-0.25, -0.2) is 14.4 Å². The largest absolute Gasteiger partial charge is 0.467 e. The molecule has 0 aliphatic carbocycles. The molecule has 2 heterocycles. The van der Waals surface area contributed by atoms with Crippen molar-refractivity contribution in [1.29, 1.82) is 0 Å². The van der Waals surface area contributed by atoms with Crippen molar-refractivity contribution in [3.63, 3.8) is 0 Å². The number of rotatable bonds is 4. The normalized spacial score (nSPS) is 10.6. The number of ether oxygens (including phenoxy) is 1. The van der Waals surface area contributed by atoms with E-state index >= 15 is 0 Å². The fraction of sp³-hybridized carbons (Fsp3) is 0.0714. The van der Waals surface area contributed by atoms with Gasteiger partial charge in [0.25, 0.3) is 5.91 Å². The lowest BCUT2D eigenvalue weighted by Gasteiger charge is -2.08. The highest BCUT2D eigenvalue weighted by Gasteiger charge is 2.11. The number of carbonyl (C=O) groups is 1.